The summed E-state index contributed by atoms with van der Waals surface area (Å²) in [5.41, 5.74) is 0.447. The Labute approximate surface area is 197 Å². The summed E-state index contributed by atoms with van der Waals surface area (Å²) in [6.07, 6.45) is 3.22. The van der Waals surface area contributed by atoms with Crippen molar-refractivity contribution < 1.29 is 29.0 Å². The van der Waals surface area contributed by atoms with Crippen LogP contribution in [0.3, 0.4) is 0 Å². The van der Waals surface area contributed by atoms with Crippen molar-refractivity contribution in [3.05, 3.63) is 48.0 Å². The molecule has 0 radical (unpaired) electrons. The fourth-order valence-electron chi connectivity index (χ4n) is 4.70. The minimum Gasteiger partial charge on any atom is -0.434 e. The van der Waals surface area contributed by atoms with E-state index in [4.69, 9.17) is 4.74 Å². The van der Waals surface area contributed by atoms with E-state index in [1.807, 2.05) is 19.1 Å². The number of hydrogen-bond acceptors (Lipinski definition) is 7. The maximum Gasteiger partial charge on any atom is 0.310 e. The summed E-state index contributed by atoms with van der Waals surface area (Å²) in [5.74, 6) is -1.74. The maximum atomic E-state index is 13.7. The Hall–Kier alpha value is -3.24. The number of piperazine rings is 1. The lowest BCUT2D eigenvalue weighted by molar-refractivity contribution is -0.156. The highest BCUT2D eigenvalue weighted by atomic mass is 16.6. The lowest BCUT2D eigenvalue weighted by Crippen LogP contribution is -2.68. The highest BCUT2D eigenvalue weighted by Crippen LogP contribution is 2.24. The number of ether oxygens (including phenoxy) is 1. The van der Waals surface area contributed by atoms with Gasteiger partial charge in [0.05, 0.1) is 6.42 Å². The van der Waals surface area contributed by atoms with Crippen molar-refractivity contribution in [2.24, 2.45) is 0 Å². The molecule has 2 unspecified atom stereocenters. The van der Waals surface area contributed by atoms with Crippen LogP contribution in [0.5, 0.6) is 0 Å². The molecule has 3 aliphatic rings. The summed E-state index contributed by atoms with van der Waals surface area (Å²) in [4.78, 5) is 54.9. The molecule has 2 saturated heterocycles. The van der Waals surface area contributed by atoms with E-state index in [2.05, 4.69) is 15.5 Å². The summed E-state index contributed by atoms with van der Waals surface area (Å²) in [5, 5.41) is 15.4. The Morgan fingerprint density at radius 1 is 1.09 bits per heavy atom. The Balaban J connectivity index is 1.56. The summed E-state index contributed by atoms with van der Waals surface area (Å²) < 4.78 is 4.73. The van der Waals surface area contributed by atoms with E-state index in [-0.39, 0.29) is 24.3 Å². The van der Waals surface area contributed by atoms with Crippen molar-refractivity contribution in [2.75, 3.05) is 19.6 Å². The zero-order chi connectivity index (χ0) is 24.2. The van der Waals surface area contributed by atoms with Gasteiger partial charge in [-0.1, -0.05) is 37.3 Å². The monoisotopic (exact) mass is 470 g/mol. The van der Waals surface area contributed by atoms with Gasteiger partial charge in [-0.2, -0.15) is 0 Å². The number of carbonyl (C=O) groups excluding carboxylic acids is 4. The third-order valence-electron chi connectivity index (χ3n) is 6.53. The van der Waals surface area contributed by atoms with Crippen LogP contribution < -0.4 is 10.6 Å². The van der Waals surface area contributed by atoms with Crippen LogP contribution in [0.25, 0.3) is 0 Å². The fraction of sp³-hybridized carbons (Fsp3) is 0.500. The number of carbonyl (C=O) groups is 4. The molecule has 1 aromatic carbocycles. The Kier molecular flexibility index (Phi) is 7.28. The molecule has 182 valence electrons. The fourth-order valence-corrected chi connectivity index (χ4v) is 4.70. The molecule has 4 rings (SSSR count). The first kappa shape index (κ1) is 23.9. The lowest BCUT2D eigenvalue weighted by Gasteiger charge is -2.47. The second kappa shape index (κ2) is 10.4. The van der Waals surface area contributed by atoms with E-state index < -0.39 is 36.3 Å². The molecule has 0 bridgehead atoms. The number of nitrogens with zero attached hydrogens (tertiary/aromatic N) is 2. The molecule has 3 heterocycles. The molecular weight excluding hydrogens is 440 g/mol. The number of likely N-dealkylation sites (N-methyl/N-ethyl adjacent to an activating group) is 1. The zero-order valence-electron chi connectivity index (χ0n) is 19.1. The highest BCUT2D eigenvalue weighted by molar-refractivity contribution is 5.98. The molecule has 10 nitrogen and oxygen atoms in total. The van der Waals surface area contributed by atoms with Gasteiger partial charge >= 0.3 is 5.97 Å². The molecule has 3 N–H and O–H groups in total. The molecule has 0 spiro atoms. The van der Waals surface area contributed by atoms with Gasteiger partial charge in [0.2, 0.25) is 18.1 Å². The molecule has 0 aliphatic carbocycles. The van der Waals surface area contributed by atoms with Crippen LogP contribution in [0.1, 0.15) is 36.5 Å². The van der Waals surface area contributed by atoms with E-state index in [0.29, 0.717) is 38.0 Å². The van der Waals surface area contributed by atoms with Gasteiger partial charge in [-0.05, 0) is 31.5 Å². The molecule has 5 atom stereocenters. The molecule has 3 amide bonds. The summed E-state index contributed by atoms with van der Waals surface area (Å²) in [6.45, 7) is 3.60. The number of rotatable bonds is 5. The number of amides is 3. The maximum absolute atomic E-state index is 13.7. The standard InChI is InChI=1S/C24H30N4O6/c1-2-27-13-16-10-6-7-11-17(25-21(30)15-8-4-3-5-9-15)23(32)28(16)19(14-27)22(31)26-18-12-20(29)34-24(18)33/h3-9,16-19,24,33H,2,10-14H2,1H3,(H,25,30)(H,26,31)/b7-6-/t16-,17-,18?,19-,24?/m0/s1. The van der Waals surface area contributed by atoms with Crippen LogP contribution >= 0.6 is 0 Å². The average molecular weight is 471 g/mol. The van der Waals surface area contributed by atoms with Crippen molar-refractivity contribution in [1.29, 1.82) is 0 Å². The van der Waals surface area contributed by atoms with E-state index in [0.717, 1.165) is 0 Å². The number of cyclic esters (lactones) is 1. The molecular formula is C24H30N4O6. The van der Waals surface area contributed by atoms with Gasteiger partial charge in [0, 0.05) is 24.7 Å². The first-order valence-corrected chi connectivity index (χ1v) is 11.6. The minimum atomic E-state index is -1.41. The molecule has 0 saturated carbocycles. The number of nitrogens with one attached hydrogen (secondary N) is 2. The summed E-state index contributed by atoms with van der Waals surface area (Å²) in [7, 11) is 0. The lowest BCUT2D eigenvalue weighted by atomic mass is 9.96. The smallest absolute Gasteiger partial charge is 0.310 e. The molecule has 1 aromatic rings. The molecule has 34 heavy (non-hydrogen) atoms. The van der Waals surface area contributed by atoms with Crippen molar-refractivity contribution in [1.82, 2.24) is 20.4 Å². The van der Waals surface area contributed by atoms with E-state index >= 15 is 0 Å². The first-order chi connectivity index (χ1) is 16.4. The van der Waals surface area contributed by atoms with Gasteiger partial charge in [-0.25, -0.2) is 0 Å². The quantitative estimate of drug-likeness (QED) is 0.401. The van der Waals surface area contributed by atoms with Gasteiger partial charge in [0.1, 0.15) is 18.1 Å². The number of benzene rings is 1. The van der Waals surface area contributed by atoms with Gasteiger partial charge in [-0.15, -0.1) is 0 Å². The molecule has 3 aliphatic heterocycles. The van der Waals surface area contributed by atoms with Crippen LogP contribution in [-0.4, -0.2) is 88.7 Å². The Bertz CT molecular complexity index is 967. The van der Waals surface area contributed by atoms with Crippen LogP contribution in [-0.2, 0) is 19.1 Å². The average Bonchev–Trinajstić information content (AvgIpc) is 3.15. The summed E-state index contributed by atoms with van der Waals surface area (Å²) >= 11 is 0. The highest BCUT2D eigenvalue weighted by Gasteiger charge is 2.45. The SMILES string of the molecule is CCN1C[C@@H]2C/C=C\C[C@H](NC(=O)c3ccccc3)C(=O)N2[C@H](C(=O)NC2CC(=O)OC2O)C1. The van der Waals surface area contributed by atoms with Crippen LogP contribution in [0.2, 0.25) is 0 Å². The van der Waals surface area contributed by atoms with Gasteiger partial charge in [0.15, 0.2) is 0 Å². The molecule has 0 aromatic heterocycles. The number of fused-ring (bicyclic) bond motifs is 1. The predicted octanol–water partition coefficient (Wildman–Crippen LogP) is -0.214. The second-order valence-corrected chi connectivity index (χ2v) is 8.80. The van der Waals surface area contributed by atoms with E-state index in [1.165, 1.54) is 0 Å². The largest absolute Gasteiger partial charge is 0.434 e. The topological polar surface area (TPSA) is 128 Å². The van der Waals surface area contributed by atoms with Crippen molar-refractivity contribution in [3.8, 4) is 0 Å². The third-order valence-corrected chi connectivity index (χ3v) is 6.53. The third kappa shape index (κ3) is 5.13. The Morgan fingerprint density at radius 3 is 2.50 bits per heavy atom. The first-order valence-electron chi connectivity index (χ1n) is 11.6. The van der Waals surface area contributed by atoms with Crippen molar-refractivity contribution in [3.63, 3.8) is 0 Å². The number of aliphatic hydroxyl groups is 1. The van der Waals surface area contributed by atoms with Crippen LogP contribution in [0, 0.1) is 0 Å². The van der Waals surface area contributed by atoms with E-state index in [1.54, 1.807) is 35.2 Å². The van der Waals surface area contributed by atoms with Crippen molar-refractivity contribution >= 4 is 23.7 Å². The van der Waals surface area contributed by atoms with Gasteiger partial charge < -0.3 is 25.4 Å². The number of aliphatic hydroxyl groups excluding tert-OH is 1. The van der Waals surface area contributed by atoms with Gasteiger partial charge in [0.25, 0.3) is 5.91 Å². The zero-order valence-corrected chi connectivity index (χ0v) is 19.1. The predicted molar refractivity (Wildman–Crippen MR) is 121 cm³/mol. The molecule has 2 fully saturated rings. The Morgan fingerprint density at radius 2 is 1.82 bits per heavy atom. The van der Waals surface area contributed by atoms with E-state index in [9.17, 15) is 24.3 Å². The number of hydrogen-bond donors (Lipinski definition) is 3. The van der Waals surface area contributed by atoms with Gasteiger partial charge in [-0.3, -0.25) is 24.1 Å². The molecule has 10 heteroatoms. The number of esters is 1. The van der Waals surface area contributed by atoms with Crippen LogP contribution in [0.15, 0.2) is 42.5 Å². The van der Waals surface area contributed by atoms with Crippen LogP contribution in [0.4, 0.5) is 0 Å². The normalized spacial score (nSPS) is 30.5. The van der Waals surface area contributed by atoms with Crippen molar-refractivity contribution in [2.45, 2.75) is 56.6 Å². The summed E-state index contributed by atoms with van der Waals surface area (Å²) in [6, 6.07) is 5.88. The second-order valence-electron chi connectivity index (χ2n) is 8.80. The minimum absolute atomic E-state index is 0.132.